The van der Waals surface area contributed by atoms with Crippen LogP contribution in [0, 0.1) is 5.92 Å². The second kappa shape index (κ2) is 6.43. The van der Waals surface area contributed by atoms with E-state index < -0.39 is 0 Å². The summed E-state index contributed by atoms with van der Waals surface area (Å²) in [5, 5.41) is 2.90. The molecule has 1 atom stereocenters. The summed E-state index contributed by atoms with van der Waals surface area (Å²) >= 11 is 1.79. The lowest BCUT2D eigenvalue weighted by atomic mass is 10.1. The molecule has 0 aliphatic carbocycles. The van der Waals surface area contributed by atoms with Gasteiger partial charge in [0.25, 0.3) is 5.91 Å². The lowest BCUT2D eigenvalue weighted by molar-refractivity contribution is 0.0949. The number of carbonyl (C=O) groups is 1. The molecule has 0 bridgehead atoms. The van der Waals surface area contributed by atoms with Crippen LogP contribution in [0.3, 0.4) is 0 Å². The van der Waals surface area contributed by atoms with E-state index in [1.165, 1.54) is 0 Å². The van der Waals surface area contributed by atoms with Gasteiger partial charge >= 0.3 is 0 Å². The Bertz CT molecular complexity index is 355. The maximum atomic E-state index is 11.7. The average Bonchev–Trinajstić information content (AvgIpc) is 2.26. The van der Waals surface area contributed by atoms with Crippen LogP contribution in [0.2, 0.25) is 0 Å². The zero-order valence-corrected chi connectivity index (χ0v) is 10.5. The standard InChI is InChI=1S/C12H18N2OS/c1-9(8-16-2)7-14-12(15)10-4-3-5-11(13)6-10/h3-6,9H,7-8,13H2,1-2H3,(H,14,15). The highest BCUT2D eigenvalue weighted by Gasteiger charge is 2.07. The minimum absolute atomic E-state index is 0.0553. The van der Waals surface area contributed by atoms with Crippen molar-refractivity contribution < 1.29 is 4.79 Å². The Morgan fingerprint density at radius 1 is 1.56 bits per heavy atom. The monoisotopic (exact) mass is 238 g/mol. The van der Waals surface area contributed by atoms with Gasteiger partial charge in [0.15, 0.2) is 0 Å². The molecule has 0 fully saturated rings. The summed E-state index contributed by atoms with van der Waals surface area (Å²) in [6.07, 6.45) is 2.07. The molecule has 1 aromatic rings. The van der Waals surface area contributed by atoms with E-state index in [2.05, 4.69) is 18.5 Å². The maximum Gasteiger partial charge on any atom is 0.251 e. The summed E-state index contributed by atoms with van der Waals surface area (Å²) in [4.78, 5) is 11.7. The van der Waals surface area contributed by atoms with Crippen LogP contribution < -0.4 is 11.1 Å². The number of nitrogens with two attached hydrogens (primary N) is 1. The Labute approximate surface area is 101 Å². The van der Waals surface area contributed by atoms with E-state index >= 15 is 0 Å². The Kier molecular flexibility index (Phi) is 5.19. The zero-order valence-electron chi connectivity index (χ0n) is 9.69. The third-order valence-electron chi connectivity index (χ3n) is 2.21. The SMILES string of the molecule is CSCC(C)CNC(=O)c1cccc(N)c1. The first-order valence-corrected chi connectivity index (χ1v) is 6.65. The number of benzene rings is 1. The van der Waals surface area contributed by atoms with Gasteiger partial charge in [-0.2, -0.15) is 11.8 Å². The first-order chi connectivity index (χ1) is 7.63. The van der Waals surface area contributed by atoms with Crippen LogP contribution >= 0.6 is 11.8 Å². The molecule has 16 heavy (non-hydrogen) atoms. The van der Waals surface area contributed by atoms with E-state index in [1.54, 1.807) is 36.0 Å². The van der Waals surface area contributed by atoms with Gasteiger partial charge in [0.1, 0.15) is 0 Å². The van der Waals surface area contributed by atoms with Crippen LogP contribution in [0.4, 0.5) is 5.69 Å². The fraction of sp³-hybridized carbons (Fsp3) is 0.417. The molecular weight excluding hydrogens is 220 g/mol. The van der Waals surface area contributed by atoms with Crippen molar-refractivity contribution in [3.8, 4) is 0 Å². The fourth-order valence-electron chi connectivity index (χ4n) is 1.39. The summed E-state index contributed by atoms with van der Waals surface area (Å²) in [5.41, 5.74) is 6.85. The third-order valence-corrected chi connectivity index (χ3v) is 3.11. The van der Waals surface area contributed by atoms with Crippen molar-refractivity contribution in [1.82, 2.24) is 5.32 Å². The molecule has 0 aliphatic heterocycles. The highest BCUT2D eigenvalue weighted by atomic mass is 32.2. The van der Waals surface area contributed by atoms with Crippen LogP contribution in [-0.4, -0.2) is 24.5 Å². The van der Waals surface area contributed by atoms with Crippen LogP contribution in [0.15, 0.2) is 24.3 Å². The van der Waals surface area contributed by atoms with Gasteiger partial charge in [-0.25, -0.2) is 0 Å². The molecule has 88 valence electrons. The first-order valence-electron chi connectivity index (χ1n) is 5.26. The molecule has 1 aromatic carbocycles. The van der Waals surface area contributed by atoms with Gasteiger partial charge in [-0.1, -0.05) is 13.0 Å². The fourth-order valence-corrected chi connectivity index (χ4v) is 2.08. The largest absolute Gasteiger partial charge is 0.399 e. The predicted octanol–water partition coefficient (Wildman–Crippen LogP) is 2.00. The van der Waals surface area contributed by atoms with Crippen LogP contribution in [0.25, 0.3) is 0 Å². The molecule has 1 amide bonds. The van der Waals surface area contributed by atoms with Crippen LogP contribution in [0.5, 0.6) is 0 Å². The molecule has 0 heterocycles. The van der Waals surface area contributed by atoms with Crippen molar-refractivity contribution in [2.75, 3.05) is 24.3 Å². The Morgan fingerprint density at radius 3 is 2.94 bits per heavy atom. The Morgan fingerprint density at radius 2 is 2.31 bits per heavy atom. The van der Waals surface area contributed by atoms with Crippen molar-refractivity contribution in [2.45, 2.75) is 6.92 Å². The van der Waals surface area contributed by atoms with Crippen LogP contribution in [0.1, 0.15) is 17.3 Å². The highest BCUT2D eigenvalue weighted by molar-refractivity contribution is 7.98. The Hall–Kier alpha value is -1.16. The van der Waals surface area contributed by atoms with Crippen molar-refractivity contribution in [3.05, 3.63) is 29.8 Å². The zero-order chi connectivity index (χ0) is 12.0. The molecular formula is C12H18N2OS. The van der Waals surface area contributed by atoms with E-state index in [0.717, 1.165) is 5.75 Å². The number of thioether (sulfide) groups is 1. The van der Waals surface area contributed by atoms with E-state index in [1.807, 2.05) is 0 Å². The van der Waals surface area contributed by atoms with Crippen LogP contribution in [-0.2, 0) is 0 Å². The quantitative estimate of drug-likeness (QED) is 0.771. The third kappa shape index (κ3) is 4.14. The molecule has 0 saturated heterocycles. The second-order valence-corrected chi connectivity index (χ2v) is 4.81. The minimum Gasteiger partial charge on any atom is -0.399 e. The average molecular weight is 238 g/mol. The predicted molar refractivity (Wildman–Crippen MR) is 70.7 cm³/mol. The van der Waals surface area contributed by atoms with Crippen molar-refractivity contribution >= 4 is 23.4 Å². The molecule has 4 heteroatoms. The number of hydrogen-bond acceptors (Lipinski definition) is 3. The number of amides is 1. The van der Waals surface area contributed by atoms with Gasteiger partial charge < -0.3 is 11.1 Å². The number of nitrogen functional groups attached to an aromatic ring is 1. The summed E-state index contributed by atoms with van der Waals surface area (Å²) in [7, 11) is 0. The molecule has 0 aromatic heterocycles. The number of nitrogens with one attached hydrogen (secondary N) is 1. The van der Waals surface area contributed by atoms with Gasteiger partial charge in [0, 0.05) is 17.8 Å². The van der Waals surface area contributed by atoms with Gasteiger partial charge in [0.05, 0.1) is 0 Å². The molecule has 1 unspecified atom stereocenters. The molecule has 1 rings (SSSR count). The Balaban J connectivity index is 2.47. The molecule has 3 nitrogen and oxygen atoms in total. The molecule has 0 saturated carbocycles. The highest BCUT2D eigenvalue weighted by Crippen LogP contribution is 2.07. The maximum absolute atomic E-state index is 11.7. The molecule has 0 radical (unpaired) electrons. The second-order valence-electron chi connectivity index (χ2n) is 3.90. The lowest BCUT2D eigenvalue weighted by Crippen LogP contribution is -2.29. The molecule has 0 spiro atoms. The van der Waals surface area contributed by atoms with Gasteiger partial charge in [-0.15, -0.1) is 0 Å². The molecule has 0 aliphatic rings. The van der Waals surface area contributed by atoms with E-state index in [4.69, 9.17) is 5.73 Å². The van der Waals surface area contributed by atoms with Crippen molar-refractivity contribution in [1.29, 1.82) is 0 Å². The summed E-state index contributed by atoms with van der Waals surface area (Å²) in [6.45, 7) is 2.82. The smallest absolute Gasteiger partial charge is 0.251 e. The van der Waals surface area contributed by atoms with Gasteiger partial charge in [-0.3, -0.25) is 4.79 Å². The van der Waals surface area contributed by atoms with E-state index in [9.17, 15) is 4.79 Å². The van der Waals surface area contributed by atoms with Gasteiger partial charge in [-0.05, 0) is 36.1 Å². The number of carbonyl (C=O) groups excluding carboxylic acids is 1. The molecule has 3 N–H and O–H groups in total. The normalized spacial score (nSPS) is 12.1. The number of rotatable bonds is 5. The number of anilines is 1. The summed E-state index contributed by atoms with van der Waals surface area (Å²) in [6, 6.07) is 7.02. The summed E-state index contributed by atoms with van der Waals surface area (Å²) < 4.78 is 0. The van der Waals surface area contributed by atoms with E-state index in [-0.39, 0.29) is 5.91 Å². The number of hydrogen-bond donors (Lipinski definition) is 2. The minimum atomic E-state index is -0.0553. The van der Waals surface area contributed by atoms with Crippen molar-refractivity contribution in [2.24, 2.45) is 5.92 Å². The van der Waals surface area contributed by atoms with E-state index in [0.29, 0.717) is 23.7 Å². The van der Waals surface area contributed by atoms with Gasteiger partial charge in [0.2, 0.25) is 0 Å². The lowest BCUT2D eigenvalue weighted by Gasteiger charge is -2.11. The van der Waals surface area contributed by atoms with Crippen molar-refractivity contribution in [3.63, 3.8) is 0 Å². The summed E-state index contributed by atoms with van der Waals surface area (Å²) in [5.74, 6) is 1.48. The first kappa shape index (κ1) is 12.9. The topological polar surface area (TPSA) is 55.1 Å².